The highest BCUT2D eigenvalue weighted by Gasteiger charge is 2.42. The second kappa shape index (κ2) is 4.29. The molecular weight excluding hydrogens is 236 g/mol. The quantitative estimate of drug-likeness (QED) is 0.795. The summed E-state index contributed by atoms with van der Waals surface area (Å²) in [4.78, 5) is 0. The molecule has 0 saturated heterocycles. The molecule has 1 nitrogen and oxygen atoms in total. The molecule has 2 rings (SSSR count). The van der Waals surface area contributed by atoms with E-state index in [0.29, 0.717) is 6.07 Å². The van der Waals surface area contributed by atoms with Crippen LogP contribution in [0.4, 0.5) is 17.6 Å². The van der Waals surface area contributed by atoms with Crippen molar-refractivity contribution in [1.29, 1.82) is 0 Å². The highest BCUT2D eigenvalue weighted by molar-refractivity contribution is 5.21. The summed E-state index contributed by atoms with van der Waals surface area (Å²) in [6.07, 6.45) is -1.81. The fraction of sp³-hybridized carbons (Fsp3) is 0.500. The maximum absolute atomic E-state index is 13.0. The van der Waals surface area contributed by atoms with Crippen molar-refractivity contribution in [2.24, 2.45) is 5.92 Å². The number of hydrogen-bond acceptors (Lipinski definition) is 1. The minimum atomic E-state index is -2.78. The highest BCUT2D eigenvalue weighted by atomic mass is 19.3. The second-order valence-electron chi connectivity index (χ2n) is 4.51. The van der Waals surface area contributed by atoms with Gasteiger partial charge < -0.3 is 5.11 Å². The van der Waals surface area contributed by atoms with Gasteiger partial charge in [-0.3, -0.25) is 0 Å². The summed E-state index contributed by atoms with van der Waals surface area (Å²) in [7, 11) is 0. The summed E-state index contributed by atoms with van der Waals surface area (Å²) in [5.74, 6) is -5.06. The number of aliphatic hydroxyl groups is 1. The van der Waals surface area contributed by atoms with Gasteiger partial charge in [-0.25, -0.2) is 17.6 Å². The highest BCUT2D eigenvalue weighted by Crippen LogP contribution is 2.44. The van der Waals surface area contributed by atoms with Crippen molar-refractivity contribution in [3.05, 3.63) is 35.4 Å². The maximum atomic E-state index is 13.0. The lowest BCUT2D eigenvalue weighted by Gasteiger charge is -2.18. The zero-order valence-corrected chi connectivity index (χ0v) is 8.97. The van der Waals surface area contributed by atoms with Crippen LogP contribution in [0.1, 0.15) is 30.9 Å². The summed E-state index contributed by atoms with van der Waals surface area (Å²) in [6, 6.07) is 2.63. The third-order valence-corrected chi connectivity index (χ3v) is 3.11. The summed E-state index contributed by atoms with van der Waals surface area (Å²) in [5, 5.41) is 9.83. The third kappa shape index (κ3) is 2.77. The van der Waals surface area contributed by atoms with E-state index in [2.05, 4.69) is 0 Å². The first-order valence-electron chi connectivity index (χ1n) is 5.39. The molecule has 0 spiro atoms. The number of halogens is 4. The van der Waals surface area contributed by atoms with Gasteiger partial charge in [-0.05, 0) is 30.0 Å². The van der Waals surface area contributed by atoms with Crippen LogP contribution in [0.2, 0.25) is 0 Å². The minimum absolute atomic E-state index is 0.0187. The van der Waals surface area contributed by atoms with E-state index in [1.165, 1.54) is 0 Å². The van der Waals surface area contributed by atoms with Gasteiger partial charge in [0.2, 0.25) is 5.92 Å². The molecule has 0 bridgehead atoms. The monoisotopic (exact) mass is 248 g/mol. The Hall–Kier alpha value is -1.10. The van der Waals surface area contributed by atoms with Gasteiger partial charge >= 0.3 is 0 Å². The van der Waals surface area contributed by atoms with E-state index in [9.17, 15) is 22.7 Å². The van der Waals surface area contributed by atoms with E-state index in [4.69, 9.17) is 0 Å². The number of benzene rings is 1. The van der Waals surface area contributed by atoms with Crippen molar-refractivity contribution in [2.75, 3.05) is 0 Å². The molecule has 2 unspecified atom stereocenters. The van der Waals surface area contributed by atoms with Crippen molar-refractivity contribution >= 4 is 0 Å². The topological polar surface area (TPSA) is 20.2 Å². The number of rotatable bonds is 2. The van der Waals surface area contributed by atoms with Gasteiger partial charge in [0, 0.05) is 18.9 Å². The molecule has 1 aliphatic carbocycles. The molecule has 1 saturated carbocycles. The number of alkyl halides is 2. The van der Waals surface area contributed by atoms with Gasteiger partial charge in [0.1, 0.15) is 11.6 Å². The Morgan fingerprint density at radius 2 is 1.76 bits per heavy atom. The number of hydrogen-bond donors (Lipinski definition) is 1. The molecule has 1 fully saturated rings. The molecule has 0 heterocycles. The van der Waals surface area contributed by atoms with Gasteiger partial charge in [-0.2, -0.15) is 0 Å². The predicted octanol–water partition coefficient (Wildman–Crippen LogP) is 3.43. The molecule has 17 heavy (non-hydrogen) atoms. The Morgan fingerprint density at radius 3 is 2.24 bits per heavy atom. The smallest absolute Gasteiger partial charge is 0.248 e. The first kappa shape index (κ1) is 12.4. The normalized spacial score (nSPS) is 24.9. The van der Waals surface area contributed by atoms with E-state index >= 15 is 0 Å². The van der Waals surface area contributed by atoms with Crippen LogP contribution in [-0.2, 0) is 0 Å². The first-order chi connectivity index (χ1) is 7.87. The first-order valence-corrected chi connectivity index (χ1v) is 5.39. The van der Waals surface area contributed by atoms with E-state index < -0.39 is 36.0 Å². The Morgan fingerprint density at radius 1 is 1.18 bits per heavy atom. The summed E-state index contributed by atoms with van der Waals surface area (Å²) in [5.41, 5.74) is 0.0187. The van der Waals surface area contributed by atoms with Gasteiger partial charge in [0.15, 0.2) is 0 Å². The van der Waals surface area contributed by atoms with E-state index in [1.807, 2.05) is 0 Å². The lowest BCUT2D eigenvalue weighted by Crippen LogP contribution is -2.14. The van der Waals surface area contributed by atoms with Crippen molar-refractivity contribution in [1.82, 2.24) is 0 Å². The Labute approximate surface area is 96.1 Å². The van der Waals surface area contributed by atoms with Crippen LogP contribution < -0.4 is 0 Å². The van der Waals surface area contributed by atoms with E-state index in [-0.39, 0.29) is 18.4 Å². The Kier molecular flexibility index (Phi) is 3.12. The van der Waals surface area contributed by atoms with Crippen LogP contribution in [-0.4, -0.2) is 11.0 Å². The fourth-order valence-electron chi connectivity index (χ4n) is 2.27. The van der Waals surface area contributed by atoms with Crippen LogP contribution >= 0.6 is 0 Å². The molecule has 1 aliphatic rings. The molecule has 1 aromatic rings. The van der Waals surface area contributed by atoms with Crippen LogP contribution in [0.15, 0.2) is 18.2 Å². The molecule has 94 valence electrons. The van der Waals surface area contributed by atoms with Crippen molar-refractivity contribution in [3.63, 3.8) is 0 Å². The maximum Gasteiger partial charge on any atom is 0.248 e. The van der Waals surface area contributed by atoms with E-state index in [1.54, 1.807) is 0 Å². The lowest BCUT2D eigenvalue weighted by atomic mass is 9.94. The Balaban J connectivity index is 2.17. The standard InChI is InChI=1S/C12H12F4O/c13-9-3-8(4-10(14)5-9)11(17)7-1-2-12(15,16)6-7/h3-5,7,11,17H,1-2,6H2. The SMILES string of the molecule is OC(c1cc(F)cc(F)c1)C1CCC(F)(F)C1. The summed E-state index contributed by atoms with van der Waals surface area (Å²) >= 11 is 0. The molecular formula is C12H12F4O. The average molecular weight is 248 g/mol. The molecule has 0 aromatic heterocycles. The van der Waals surface area contributed by atoms with Crippen LogP contribution in [0, 0.1) is 17.6 Å². The molecule has 0 amide bonds. The van der Waals surface area contributed by atoms with Crippen molar-refractivity contribution < 1.29 is 22.7 Å². The molecule has 0 aliphatic heterocycles. The number of aliphatic hydroxyl groups excluding tert-OH is 1. The molecule has 5 heteroatoms. The van der Waals surface area contributed by atoms with Crippen LogP contribution in [0.5, 0.6) is 0 Å². The summed E-state index contributed by atoms with van der Waals surface area (Å²) in [6.45, 7) is 0. The van der Waals surface area contributed by atoms with Crippen LogP contribution in [0.3, 0.4) is 0 Å². The van der Waals surface area contributed by atoms with Crippen molar-refractivity contribution in [3.8, 4) is 0 Å². The zero-order valence-electron chi connectivity index (χ0n) is 8.97. The van der Waals surface area contributed by atoms with Gasteiger partial charge in [0.25, 0.3) is 0 Å². The Bertz CT molecular complexity index is 399. The van der Waals surface area contributed by atoms with Gasteiger partial charge in [0.05, 0.1) is 6.10 Å². The fourth-order valence-corrected chi connectivity index (χ4v) is 2.27. The molecule has 2 atom stereocenters. The lowest BCUT2D eigenvalue weighted by molar-refractivity contribution is -0.00514. The molecule has 1 aromatic carbocycles. The zero-order chi connectivity index (χ0) is 12.6. The van der Waals surface area contributed by atoms with E-state index in [0.717, 1.165) is 12.1 Å². The summed E-state index contributed by atoms with van der Waals surface area (Å²) < 4.78 is 51.8. The minimum Gasteiger partial charge on any atom is -0.388 e. The second-order valence-corrected chi connectivity index (χ2v) is 4.51. The van der Waals surface area contributed by atoms with Crippen molar-refractivity contribution in [2.45, 2.75) is 31.3 Å². The molecule has 1 N–H and O–H groups in total. The largest absolute Gasteiger partial charge is 0.388 e. The molecule has 0 radical (unpaired) electrons. The van der Waals surface area contributed by atoms with Crippen LogP contribution in [0.25, 0.3) is 0 Å². The predicted molar refractivity (Wildman–Crippen MR) is 53.6 cm³/mol. The van der Waals surface area contributed by atoms with Gasteiger partial charge in [-0.15, -0.1) is 0 Å². The average Bonchev–Trinajstić information content (AvgIpc) is 2.56. The van der Waals surface area contributed by atoms with Gasteiger partial charge in [-0.1, -0.05) is 0 Å². The third-order valence-electron chi connectivity index (χ3n) is 3.11.